The second kappa shape index (κ2) is 11.5. The smallest absolute Gasteiger partial charge is 0.328 e. The molecule has 0 amide bonds. The van der Waals surface area contributed by atoms with E-state index in [1.165, 1.54) is 0 Å². The van der Waals surface area contributed by atoms with Crippen LogP contribution in [0.3, 0.4) is 0 Å². The van der Waals surface area contributed by atoms with E-state index < -0.39 is 22.0 Å². The predicted octanol–water partition coefficient (Wildman–Crippen LogP) is 3.56. The molecule has 3 rings (SSSR count). The first kappa shape index (κ1) is 25.7. The quantitative estimate of drug-likeness (QED) is 0.267. The number of hydrogen-bond acceptors (Lipinski definition) is 7. The van der Waals surface area contributed by atoms with Crippen molar-refractivity contribution in [1.29, 1.82) is 0 Å². The molecule has 0 radical (unpaired) electrons. The number of aryl methyl sites for hydroxylation is 1. The van der Waals surface area contributed by atoms with Crippen molar-refractivity contribution in [3.05, 3.63) is 66.2 Å². The number of methoxy groups -OCH3 is 1. The average Bonchev–Trinajstić information content (AvgIpc) is 2.82. The van der Waals surface area contributed by atoms with Gasteiger partial charge in [-0.2, -0.15) is 0 Å². The highest BCUT2D eigenvalue weighted by Gasteiger charge is 2.38. The van der Waals surface area contributed by atoms with Crippen molar-refractivity contribution in [2.45, 2.75) is 50.1 Å². The molecule has 8 nitrogen and oxygen atoms in total. The van der Waals surface area contributed by atoms with Crippen LogP contribution in [0.1, 0.15) is 31.7 Å². The summed E-state index contributed by atoms with van der Waals surface area (Å²) in [7, 11) is -2.18. The molecule has 9 heteroatoms. The Morgan fingerprint density at radius 2 is 1.82 bits per heavy atom. The molecule has 184 valence electrons. The molecule has 0 aromatic heterocycles. The Labute approximate surface area is 201 Å². The van der Waals surface area contributed by atoms with Gasteiger partial charge in [0.25, 0.3) is 10.0 Å². The van der Waals surface area contributed by atoms with E-state index in [1.807, 2.05) is 19.1 Å². The Morgan fingerprint density at radius 3 is 2.44 bits per heavy atom. The third-order valence-electron chi connectivity index (χ3n) is 5.94. The molecule has 0 aliphatic heterocycles. The molecule has 1 saturated carbocycles. The summed E-state index contributed by atoms with van der Waals surface area (Å²) in [6.45, 7) is 8.01. The number of anilines is 1. The normalized spacial score (nSPS) is 19.3. The van der Waals surface area contributed by atoms with E-state index >= 15 is 0 Å². The van der Waals surface area contributed by atoms with Crippen LogP contribution in [0.5, 0.6) is 5.75 Å². The fraction of sp³-hybridized carbons (Fsp3) is 0.400. The number of carbonyl (C=O) groups excluding carboxylic acids is 1. The van der Waals surface area contributed by atoms with Crippen molar-refractivity contribution in [3.63, 3.8) is 0 Å². The van der Waals surface area contributed by atoms with Crippen molar-refractivity contribution < 1.29 is 22.7 Å². The van der Waals surface area contributed by atoms with Gasteiger partial charge in [0.2, 0.25) is 0 Å². The molecule has 1 aliphatic rings. The molecule has 0 spiro atoms. The van der Waals surface area contributed by atoms with Crippen LogP contribution >= 0.6 is 0 Å². The van der Waals surface area contributed by atoms with Crippen molar-refractivity contribution in [2.75, 3.05) is 19.0 Å². The van der Waals surface area contributed by atoms with E-state index in [1.54, 1.807) is 50.4 Å². The van der Waals surface area contributed by atoms with Gasteiger partial charge in [0.15, 0.2) is 0 Å². The van der Waals surface area contributed by atoms with Crippen LogP contribution in [-0.2, 0) is 19.6 Å². The molecule has 2 aromatic carbocycles. The summed E-state index contributed by atoms with van der Waals surface area (Å²) in [6.07, 6.45) is 1.91. The second-order valence-electron chi connectivity index (χ2n) is 8.43. The van der Waals surface area contributed by atoms with Gasteiger partial charge in [-0.3, -0.25) is 0 Å². The van der Waals surface area contributed by atoms with Crippen molar-refractivity contribution >= 4 is 21.7 Å². The lowest BCUT2D eigenvalue weighted by Crippen LogP contribution is -2.55. The van der Waals surface area contributed by atoms with E-state index in [4.69, 9.17) is 9.47 Å². The van der Waals surface area contributed by atoms with E-state index in [2.05, 4.69) is 22.2 Å². The van der Waals surface area contributed by atoms with E-state index in [-0.39, 0.29) is 23.5 Å². The summed E-state index contributed by atoms with van der Waals surface area (Å²) in [4.78, 5) is 15.6. The number of esters is 1. The molecular weight excluding hydrogens is 454 g/mol. The number of sulfonamides is 1. The monoisotopic (exact) mass is 487 g/mol. The maximum absolute atomic E-state index is 13.0. The first-order valence-corrected chi connectivity index (χ1v) is 12.8. The van der Waals surface area contributed by atoms with Crippen molar-refractivity contribution in [3.8, 4) is 5.75 Å². The summed E-state index contributed by atoms with van der Waals surface area (Å²) in [5, 5.41) is 3.28. The van der Waals surface area contributed by atoms with Crippen LogP contribution < -0.4 is 20.3 Å². The van der Waals surface area contributed by atoms with Gasteiger partial charge in [-0.15, -0.1) is 4.83 Å². The molecule has 1 unspecified atom stereocenters. The zero-order valence-electron chi connectivity index (χ0n) is 19.8. The number of rotatable bonds is 10. The standard InChI is InChI=1S/C25H33N3O5S/c1-5-33-25(29)24(26-19-9-11-20(32-4)12-10-19)22-16-18(3)8-15-23(22)27-28-34(30,31)21-13-6-17(2)7-14-21/h6-7,9-14,22-24,26-28H,3,5,8,15-16H2,1-2,4H3/t22-,23?,24+/m1/s1. The lowest BCUT2D eigenvalue weighted by atomic mass is 9.78. The molecule has 34 heavy (non-hydrogen) atoms. The molecule has 1 fully saturated rings. The van der Waals surface area contributed by atoms with Gasteiger partial charge in [0, 0.05) is 17.6 Å². The third-order valence-corrected chi connectivity index (χ3v) is 7.22. The van der Waals surface area contributed by atoms with Crippen LogP contribution in [-0.4, -0.2) is 40.2 Å². The van der Waals surface area contributed by atoms with Gasteiger partial charge >= 0.3 is 5.97 Å². The Bertz CT molecular complexity index is 1080. The molecule has 3 atom stereocenters. The average molecular weight is 488 g/mol. The van der Waals surface area contributed by atoms with Crippen LogP contribution in [0.25, 0.3) is 0 Å². The molecule has 0 bridgehead atoms. The van der Waals surface area contributed by atoms with Crippen LogP contribution in [0.15, 0.2) is 65.6 Å². The Morgan fingerprint density at radius 1 is 1.15 bits per heavy atom. The molecule has 3 N–H and O–H groups in total. The maximum Gasteiger partial charge on any atom is 0.328 e. The number of benzene rings is 2. The minimum Gasteiger partial charge on any atom is -0.497 e. The second-order valence-corrected chi connectivity index (χ2v) is 10.1. The van der Waals surface area contributed by atoms with Crippen molar-refractivity contribution in [1.82, 2.24) is 10.3 Å². The van der Waals surface area contributed by atoms with Gasteiger partial charge in [0.1, 0.15) is 11.8 Å². The van der Waals surface area contributed by atoms with Gasteiger partial charge < -0.3 is 14.8 Å². The molecule has 0 saturated heterocycles. The lowest BCUT2D eigenvalue weighted by Gasteiger charge is -2.38. The Kier molecular flexibility index (Phi) is 8.71. The van der Waals surface area contributed by atoms with E-state index in [9.17, 15) is 13.2 Å². The first-order chi connectivity index (χ1) is 16.2. The summed E-state index contributed by atoms with van der Waals surface area (Å²) in [5.74, 6) is 0.0173. The largest absolute Gasteiger partial charge is 0.497 e. The summed E-state index contributed by atoms with van der Waals surface area (Å²) in [5.41, 5.74) is 5.69. The zero-order chi connectivity index (χ0) is 24.7. The van der Waals surface area contributed by atoms with E-state index in [0.717, 1.165) is 23.2 Å². The van der Waals surface area contributed by atoms with Gasteiger partial charge in [0.05, 0.1) is 18.6 Å². The summed E-state index contributed by atoms with van der Waals surface area (Å²) >= 11 is 0. The predicted molar refractivity (Wildman–Crippen MR) is 132 cm³/mol. The number of hydrogen-bond donors (Lipinski definition) is 3. The summed E-state index contributed by atoms with van der Waals surface area (Å²) in [6, 6.07) is 12.9. The number of allylic oxidation sites excluding steroid dienone is 1. The van der Waals surface area contributed by atoms with Gasteiger partial charge in [-0.1, -0.05) is 29.8 Å². The highest BCUT2D eigenvalue weighted by molar-refractivity contribution is 7.89. The molecule has 1 aliphatic carbocycles. The molecular formula is C25H33N3O5S. The summed E-state index contributed by atoms with van der Waals surface area (Å²) < 4.78 is 36.2. The number of nitrogens with one attached hydrogen (secondary N) is 3. The maximum atomic E-state index is 13.0. The van der Waals surface area contributed by atoms with Crippen LogP contribution in [0, 0.1) is 12.8 Å². The lowest BCUT2D eigenvalue weighted by molar-refractivity contribution is -0.145. The zero-order valence-corrected chi connectivity index (χ0v) is 20.7. The molecule has 2 aromatic rings. The van der Waals surface area contributed by atoms with Gasteiger partial charge in [-0.25, -0.2) is 18.6 Å². The Hall–Kier alpha value is -2.88. The fourth-order valence-electron chi connectivity index (χ4n) is 4.05. The Balaban J connectivity index is 1.81. The highest BCUT2D eigenvalue weighted by Crippen LogP contribution is 2.32. The van der Waals surface area contributed by atoms with Crippen molar-refractivity contribution in [2.24, 2.45) is 5.92 Å². The topological polar surface area (TPSA) is 106 Å². The minimum absolute atomic E-state index is 0.167. The minimum atomic E-state index is -3.77. The third kappa shape index (κ3) is 6.59. The van der Waals surface area contributed by atoms with Crippen LogP contribution in [0.4, 0.5) is 5.69 Å². The fourth-order valence-corrected chi connectivity index (χ4v) is 4.97. The number of carbonyl (C=O) groups is 1. The number of hydrazine groups is 1. The molecule has 0 heterocycles. The highest BCUT2D eigenvalue weighted by atomic mass is 32.2. The van der Waals surface area contributed by atoms with Gasteiger partial charge in [-0.05, 0) is 69.5 Å². The number of ether oxygens (including phenoxy) is 2. The van der Waals surface area contributed by atoms with E-state index in [0.29, 0.717) is 18.6 Å². The SMILES string of the molecule is C=C1CCC(NNS(=O)(=O)c2ccc(C)cc2)[C@H]([C@H](Nc2ccc(OC)cc2)C(=O)OCC)C1. The first-order valence-electron chi connectivity index (χ1n) is 11.3. The van der Waals surface area contributed by atoms with Crippen LogP contribution in [0.2, 0.25) is 0 Å².